The molecule has 7 heteroatoms. The van der Waals surface area contributed by atoms with Gasteiger partial charge in [0.05, 0.1) is 11.0 Å². The van der Waals surface area contributed by atoms with Crippen LogP contribution in [-0.4, -0.2) is 22.8 Å². The fraction of sp³-hybridized carbons (Fsp3) is 0.222. The van der Waals surface area contributed by atoms with Crippen molar-refractivity contribution in [1.82, 2.24) is 0 Å². The van der Waals surface area contributed by atoms with Crippen molar-refractivity contribution in [3.05, 3.63) is 58.9 Å². The van der Waals surface area contributed by atoms with E-state index >= 15 is 0 Å². The first-order chi connectivity index (χ1) is 11.9. The second kappa shape index (κ2) is 8.87. The van der Waals surface area contributed by atoms with E-state index in [0.717, 1.165) is 5.56 Å². The second-order valence-corrected chi connectivity index (χ2v) is 7.15. The Balaban J connectivity index is 1.83. The summed E-state index contributed by atoms with van der Waals surface area (Å²) in [5, 5.41) is 5.63. The zero-order valence-corrected chi connectivity index (χ0v) is 15.4. The second-order valence-electron chi connectivity index (χ2n) is 5.41. The molecule has 0 aliphatic heterocycles. The first-order valence-corrected chi connectivity index (χ1v) is 9.02. The van der Waals surface area contributed by atoms with Crippen LogP contribution in [0.15, 0.2) is 42.5 Å². The maximum atomic E-state index is 12.8. The number of nitrogens with one attached hydrogen (secondary N) is 2. The van der Waals surface area contributed by atoms with E-state index < -0.39 is 5.25 Å². The lowest BCUT2D eigenvalue weighted by Crippen LogP contribution is -2.25. The smallest absolute Gasteiger partial charge is 0.237 e. The molecule has 1 atom stereocenters. The number of hydrogen-bond acceptors (Lipinski definition) is 3. The molecule has 0 fully saturated rings. The molecule has 1 unspecified atom stereocenters. The van der Waals surface area contributed by atoms with Gasteiger partial charge in [0.2, 0.25) is 11.8 Å². The van der Waals surface area contributed by atoms with Crippen LogP contribution in [-0.2, 0) is 9.59 Å². The van der Waals surface area contributed by atoms with Crippen LogP contribution >= 0.6 is 23.4 Å². The zero-order valence-electron chi connectivity index (χ0n) is 13.8. The third-order valence-corrected chi connectivity index (χ3v) is 5.04. The van der Waals surface area contributed by atoms with E-state index in [-0.39, 0.29) is 23.4 Å². The predicted octanol–water partition coefficient (Wildman–Crippen LogP) is 4.49. The van der Waals surface area contributed by atoms with Crippen LogP contribution in [0.25, 0.3) is 0 Å². The summed E-state index contributed by atoms with van der Waals surface area (Å²) >= 11 is 7.25. The molecule has 2 amide bonds. The van der Waals surface area contributed by atoms with Gasteiger partial charge >= 0.3 is 0 Å². The van der Waals surface area contributed by atoms with E-state index in [2.05, 4.69) is 10.6 Å². The van der Waals surface area contributed by atoms with Gasteiger partial charge in [-0.05, 0) is 55.8 Å². The molecule has 25 heavy (non-hydrogen) atoms. The number of thioether (sulfide) groups is 1. The van der Waals surface area contributed by atoms with Crippen LogP contribution in [0.5, 0.6) is 0 Å². The normalized spacial score (nSPS) is 11.7. The van der Waals surface area contributed by atoms with E-state index in [1.54, 1.807) is 25.1 Å². The van der Waals surface area contributed by atoms with Gasteiger partial charge in [0.1, 0.15) is 5.82 Å². The molecule has 0 aliphatic carbocycles. The molecular weight excluding hydrogens is 363 g/mol. The van der Waals surface area contributed by atoms with Gasteiger partial charge in [-0.15, -0.1) is 11.8 Å². The number of carbonyl (C=O) groups excluding carboxylic acids is 2. The van der Waals surface area contributed by atoms with Crippen molar-refractivity contribution in [1.29, 1.82) is 0 Å². The summed E-state index contributed by atoms with van der Waals surface area (Å²) in [6, 6.07) is 10.8. The fourth-order valence-electron chi connectivity index (χ4n) is 1.98. The predicted molar refractivity (Wildman–Crippen MR) is 102 cm³/mol. The Labute approximate surface area is 155 Å². The summed E-state index contributed by atoms with van der Waals surface area (Å²) in [5.41, 5.74) is 1.96. The molecule has 0 heterocycles. The highest BCUT2D eigenvalue weighted by molar-refractivity contribution is 8.01. The number of halogens is 2. The highest BCUT2D eigenvalue weighted by Crippen LogP contribution is 2.24. The van der Waals surface area contributed by atoms with E-state index in [1.807, 2.05) is 6.92 Å². The molecule has 0 radical (unpaired) electrons. The monoisotopic (exact) mass is 380 g/mol. The van der Waals surface area contributed by atoms with Gasteiger partial charge in [-0.1, -0.05) is 17.7 Å². The Morgan fingerprint density at radius 2 is 1.84 bits per heavy atom. The number of anilines is 2. The summed E-state index contributed by atoms with van der Waals surface area (Å²) in [5.74, 6) is -0.713. The van der Waals surface area contributed by atoms with Gasteiger partial charge in [-0.3, -0.25) is 9.59 Å². The number of rotatable bonds is 6. The van der Waals surface area contributed by atoms with E-state index in [1.165, 1.54) is 36.0 Å². The van der Waals surface area contributed by atoms with Gasteiger partial charge < -0.3 is 10.6 Å². The highest BCUT2D eigenvalue weighted by atomic mass is 35.5. The summed E-state index contributed by atoms with van der Waals surface area (Å²) in [7, 11) is 0. The Kier molecular flexibility index (Phi) is 6.84. The van der Waals surface area contributed by atoms with Crippen LogP contribution in [0.4, 0.5) is 15.8 Å². The molecule has 2 aromatic carbocycles. The Morgan fingerprint density at radius 3 is 2.52 bits per heavy atom. The molecule has 132 valence electrons. The van der Waals surface area contributed by atoms with E-state index in [4.69, 9.17) is 11.6 Å². The third-order valence-electron chi connectivity index (χ3n) is 3.49. The van der Waals surface area contributed by atoms with Crippen molar-refractivity contribution >= 4 is 46.6 Å². The van der Waals surface area contributed by atoms with Gasteiger partial charge in [-0.2, -0.15) is 0 Å². The maximum absolute atomic E-state index is 12.8. The first-order valence-electron chi connectivity index (χ1n) is 7.60. The van der Waals surface area contributed by atoms with Crippen molar-refractivity contribution in [3.63, 3.8) is 0 Å². The van der Waals surface area contributed by atoms with Crippen molar-refractivity contribution in [3.8, 4) is 0 Å². The minimum Gasteiger partial charge on any atom is -0.325 e. The molecule has 2 rings (SSSR count). The molecule has 0 saturated heterocycles. The Bertz CT molecular complexity index is 768. The SMILES string of the molecule is Cc1c(Cl)cccc1NC(=O)C(C)SCC(=O)Nc1ccc(F)cc1. The average Bonchev–Trinajstić information content (AvgIpc) is 2.58. The topological polar surface area (TPSA) is 58.2 Å². The van der Waals surface area contributed by atoms with Crippen LogP contribution in [0.1, 0.15) is 12.5 Å². The molecule has 0 aromatic heterocycles. The Morgan fingerprint density at radius 1 is 1.16 bits per heavy atom. The molecule has 4 nitrogen and oxygen atoms in total. The van der Waals surface area contributed by atoms with Gasteiger partial charge in [0.15, 0.2) is 0 Å². The maximum Gasteiger partial charge on any atom is 0.237 e. The zero-order chi connectivity index (χ0) is 18.4. The van der Waals surface area contributed by atoms with Crippen molar-refractivity contribution in [2.24, 2.45) is 0 Å². The fourth-order valence-corrected chi connectivity index (χ4v) is 2.84. The van der Waals surface area contributed by atoms with Crippen LogP contribution in [0.3, 0.4) is 0 Å². The van der Waals surface area contributed by atoms with E-state index in [0.29, 0.717) is 16.4 Å². The number of carbonyl (C=O) groups is 2. The number of amides is 2. The van der Waals surface area contributed by atoms with Crippen LogP contribution < -0.4 is 10.6 Å². The van der Waals surface area contributed by atoms with Crippen molar-refractivity contribution in [2.75, 3.05) is 16.4 Å². The standard InChI is InChI=1S/C18H18ClFN2O2S/c1-11-15(19)4-3-5-16(11)22-18(24)12(2)25-10-17(23)21-14-8-6-13(20)7-9-14/h3-9,12H,10H2,1-2H3,(H,21,23)(H,22,24). The summed E-state index contributed by atoms with van der Waals surface area (Å²) < 4.78 is 12.8. The summed E-state index contributed by atoms with van der Waals surface area (Å²) in [4.78, 5) is 24.1. The largest absolute Gasteiger partial charge is 0.325 e. The number of benzene rings is 2. The minimum atomic E-state index is -0.419. The van der Waals surface area contributed by atoms with Gasteiger partial charge in [0, 0.05) is 16.4 Å². The van der Waals surface area contributed by atoms with Crippen molar-refractivity contribution < 1.29 is 14.0 Å². The quantitative estimate of drug-likeness (QED) is 0.776. The van der Waals surface area contributed by atoms with Gasteiger partial charge in [0.25, 0.3) is 0 Å². The van der Waals surface area contributed by atoms with Crippen LogP contribution in [0.2, 0.25) is 5.02 Å². The highest BCUT2D eigenvalue weighted by Gasteiger charge is 2.16. The molecule has 0 saturated carbocycles. The summed E-state index contributed by atoms with van der Waals surface area (Å²) in [6.45, 7) is 3.55. The lowest BCUT2D eigenvalue weighted by molar-refractivity contribution is -0.115. The lowest BCUT2D eigenvalue weighted by atomic mass is 10.2. The molecule has 2 N–H and O–H groups in total. The first kappa shape index (κ1) is 19.3. The lowest BCUT2D eigenvalue weighted by Gasteiger charge is -2.14. The molecule has 0 bridgehead atoms. The average molecular weight is 381 g/mol. The van der Waals surface area contributed by atoms with Crippen LogP contribution in [0, 0.1) is 12.7 Å². The third kappa shape index (κ3) is 5.76. The summed E-state index contributed by atoms with van der Waals surface area (Å²) in [6.07, 6.45) is 0. The van der Waals surface area contributed by atoms with E-state index in [9.17, 15) is 14.0 Å². The molecule has 2 aromatic rings. The molecule has 0 spiro atoms. The van der Waals surface area contributed by atoms with Crippen molar-refractivity contribution in [2.45, 2.75) is 19.1 Å². The molecule has 0 aliphatic rings. The molecular formula is C18H18ClFN2O2S. The Hall–Kier alpha value is -2.05. The number of hydrogen-bond donors (Lipinski definition) is 2. The minimum absolute atomic E-state index is 0.112. The van der Waals surface area contributed by atoms with Gasteiger partial charge in [-0.25, -0.2) is 4.39 Å².